The fraction of sp³-hybridized carbons (Fsp3) is 0.421. The van der Waals surface area contributed by atoms with Gasteiger partial charge in [-0.15, -0.1) is 0 Å². The predicted molar refractivity (Wildman–Crippen MR) is 93.6 cm³/mol. The lowest BCUT2D eigenvalue weighted by atomic mass is 9.83. The maximum Gasteiger partial charge on any atom is 0.257 e. The third-order valence-corrected chi connectivity index (χ3v) is 4.68. The second-order valence-electron chi connectivity index (χ2n) is 6.72. The van der Waals surface area contributed by atoms with Crippen LogP contribution in [0.2, 0.25) is 0 Å². The molecule has 1 aliphatic heterocycles. The van der Waals surface area contributed by atoms with Crippen LogP contribution in [0.1, 0.15) is 30.1 Å². The van der Waals surface area contributed by atoms with Gasteiger partial charge in [0, 0.05) is 18.7 Å². The largest absolute Gasteiger partial charge is 0.394 e. The number of nitriles is 1. The Morgan fingerprint density at radius 1 is 1.40 bits per heavy atom. The number of aromatic nitrogens is 2. The molecule has 2 aromatic rings. The predicted octanol–water partition coefficient (Wildman–Crippen LogP) is 2.31. The van der Waals surface area contributed by atoms with E-state index >= 15 is 0 Å². The molecule has 6 nitrogen and oxygen atoms in total. The van der Waals surface area contributed by atoms with Crippen molar-refractivity contribution in [2.75, 3.05) is 19.7 Å². The number of amides is 1. The van der Waals surface area contributed by atoms with E-state index in [-0.39, 0.29) is 12.5 Å². The van der Waals surface area contributed by atoms with Gasteiger partial charge in [0.05, 0.1) is 42.1 Å². The molecule has 6 heteroatoms. The van der Waals surface area contributed by atoms with Gasteiger partial charge in [-0.1, -0.05) is 30.3 Å². The summed E-state index contributed by atoms with van der Waals surface area (Å²) >= 11 is 0. The minimum Gasteiger partial charge on any atom is -0.394 e. The van der Waals surface area contributed by atoms with Gasteiger partial charge in [-0.3, -0.25) is 9.48 Å². The molecule has 1 atom stereocenters. The van der Waals surface area contributed by atoms with E-state index in [1.165, 1.54) is 0 Å². The lowest BCUT2D eigenvalue weighted by Gasteiger charge is -2.36. The second kappa shape index (κ2) is 7.08. The first-order valence-corrected chi connectivity index (χ1v) is 8.50. The molecule has 0 spiro atoms. The van der Waals surface area contributed by atoms with Gasteiger partial charge < -0.3 is 10.0 Å². The molecule has 25 heavy (non-hydrogen) atoms. The normalized spacial score (nSPS) is 20.3. The smallest absolute Gasteiger partial charge is 0.257 e. The highest BCUT2D eigenvalue weighted by molar-refractivity contribution is 6.00. The van der Waals surface area contributed by atoms with Gasteiger partial charge in [0.25, 0.3) is 5.91 Å². The molecular weight excluding hydrogens is 316 g/mol. The number of likely N-dealkylation sites (tertiary alicyclic amines) is 1. The number of carbonyl (C=O) groups is 1. The number of aliphatic hydroxyl groups is 1. The number of rotatable bonds is 4. The average Bonchev–Trinajstić information content (AvgIpc) is 3.06. The third kappa shape index (κ3) is 3.42. The fourth-order valence-corrected chi connectivity index (χ4v) is 3.38. The van der Waals surface area contributed by atoms with E-state index in [1.54, 1.807) is 15.8 Å². The minimum absolute atomic E-state index is 0.0502. The van der Waals surface area contributed by atoms with Gasteiger partial charge in [-0.2, -0.15) is 10.4 Å². The molecule has 1 saturated heterocycles. The molecule has 130 valence electrons. The van der Waals surface area contributed by atoms with Crippen LogP contribution in [0.4, 0.5) is 0 Å². The van der Waals surface area contributed by atoms with Crippen molar-refractivity contribution < 1.29 is 9.90 Å². The summed E-state index contributed by atoms with van der Waals surface area (Å²) in [6.45, 7) is 3.26. The van der Waals surface area contributed by atoms with Crippen LogP contribution in [-0.2, 0) is 6.54 Å². The third-order valence-electron chi connectivity index (χ3n) is 4.68. The van der Waals surface area contributed by atoms with Gasteiger partial charge in [0.1, 0.15) is 0 Å². The second-order valence-corrected chi connectivity index (χ2v) is 6.72. The number of piperidine rings is 1. The quantitative estimate of drug-likeness (QED) is 0.927. The molecule has 1 unspecified atom stereocenters. The molecule has 1 aromatic heterocycles. The Kier molecular flexibility index (Phi) is 4.86. The van der Waals surface area contributed by atoms with Crippen LogP contribution in [0.3, 0.4) is 0 Å². The van der Waals surface area contributed by atoms with E-state index in [4.69, 9.17) is 0 Å². The fourth-order valence-electron chi connectivity index (χ4n) is 3.38. The first kappa shape index (κ1) is 17.2. The Morgan fingerprint density at radius 3 is 2.84 bits per heavy atom. The van der Waals surface area contributed by atoms with E-state index in [1.807, 2.05) is 37.3 Å². The van der Waals surface area contributed by atoms with Crippen molar-refractivity contribution in [2.45, 2.75) is 26.3 Å². The molecule has 1 aromatic carbocycles. The highest BCUT2D eigenvalue weighted by Crippen LogP contribution is 2.31. The highest BCUT2D eigenvalue weighted by Gasteiger charge is 2.34. The summed E-state index contributed by atoms with van der Waals surface area (Å²) in [5, 5.41) is 23.0. The number of hydrogen-bond donors (Lipinski definition) is 1. The van der Waals surface area contributed by atoms with Gasteiger partial charge in [0.15, 0.2) is 0 Å². The van der Waals surface area contributed by atoms with Crippen LogP contribution < -0.4 is 0 Å². The zero-order valence-corrected chi connectivity index (χ0v) is 14.4. The van der Waals surface area contributed by atoms with Gasteiger partial charge in [0.2, 0.25) is 0 Å². The summed E-state index contributed by atoms with van der Waals surface area (Å²) < 4.78 is 1.66. The molecule has 0 saturated carbocycles. The summed E-state index contributed by atoms with van der Waals surface area (Å²) in [5.74, 6) is -0.107. The average molecular weight is 338 g/mol. The molecule has 1 N–H and O–H groups in total. The van der Waals surface area contributed by atoms with Crippen LogP contribution in [0.15, 0.2) is 36.5 Å². The summed E-state index contributed by atoms with van der Waals surface area (Å²) in [6, 6.07) is 11.9. The van der Waals surface area contributed by atoms with Crippen molar-refractivity contribution in [1.29, 1.82) is 5.26 Å². The maximum atomic E-state index is 13.1. The monoisotopic (exact) mass is 338 g/mol. The van der Waals surface area contributed by atoms with E-state index in [9.17, 15) is 15.2 Å². The van der Waals surface area contributed by atoms with Gasteiger partial charge >= 0.3 is 0 Å². The number of aliphatic hydroxyl groups excluding tert-OH is 1. The number of nitrogens with zero attached hydrogens (tertiary/aromatic N) is 4. The SMILES string of the molecule is CC1(C#N)CCCN(C(=O)c2cnn(CCO)c2-c2ccccc2)C1. The summed E-state index contributed by atoms with van der Waals surface area (Å²) in [5.41, 5.74) is 1.62. The minimum atomic E-state index is -0.498. The topological polar surface area (TPSA) is 82.2 Å². The van der Waals surface area contributed by atoms with Crippen LogP contribution in [0.5, 0.6) is 0 Å². The Balaban J connectivity index is 1.97. The summed E-state index contributed by atoms with van der Waals surface area (Å²) in [6.07, 6.45) is 3.20. The van der Waals surface area contributed by atoms with Crippen LogP contribution in [0, 0.1) is 16.7 Å². The zero-order chi connectivity index (χ0) is 17.9. The van der Waals surface area contributed by atoms with Crippen LogP contribution >= 0.6 is 0 Å². The maximum absolute atomic E-state index is 13.1. The van der Waals surface area contributed by atoms with E-state index in [2.05, 4.69) is 11.2 Å². The van der Waals surface area contributed by atoms with Crippen molar-refractivity contribution in [2.24, 2.45) is 5.41 Å². The molecule has 3 rings (SSSR count). The van der Waals surface area contributed by atoms with E-state index in [0.29, 0.717) is 30.9 Å². The molecular formula is C19H22N4O2. The van der Waals surface area contributed by atoms with Crippen molar-refractivity contribution in [1.82, 2.24) is 14.7 Å². The van der Waals surface area contributed by atoms with Crippen molar-refractivity contribution in [3.8, 4) is 17.3 Å². The van der Waals surface area contributed by atoms with Crippen LogP contribution in [-0.4, -0.2) is 45.4 Å². The van der Waals surface area contributed by atoms with Crippen LogP contribution in [0.25, 0.3) is 11.3 Å². The number of hydrogen-bond acceptors (Lipinski definition) is 4. The number of benzene rings is 1. The van der Waals surface area contributed by atoms with Crippen molar-refractivity contribution >= 4 is 5.91 Å². The number of carbonyl (C=O) groups excluding carboxylic acids is 1. The first-order valence-electron chi connectivity index (χ1n) is 8.50. The molecule has 0 aliphatic carbocycles. The Bertz CT molecular complexity index is 794. The molecule has 2 heterocycles. The van der Waals surface area contributed by atoms with Crippen molar-refractivity contribution in [3.05, 3.63) is 42.1 Å². The lowest BCUT2D eigenvalue weighted by molar-refractivity contribution is 0.0630. The molecule has 1 amide bonds. The highest BCUT2D eigenvalue weighted by atomic mass is 16.3. The van der Waals surface area contributed by atoms with Crippen molar-refractivity contribution in [3.63, 3.8) is 0 Å². The zero-order valence-electron chi connectivity index (χ0n) is 14.4. The Labute approximate surface area is 147 Å². The molecule has 0 bridgehead atoms. The van der Waals surface area contributed by atoms with Gasteiger partial charge in [-0.05, 0) is 19.8 Å². The summed E-state index contributed by atoms with van der Waals surface area (Å²) in [7, 11) is 0. The Hall–Kier alpha value is -2.65. The standard InChI is InChI=1S/C19H22N4O2/c1-19(13-20)8-5-9-22(14-19)18(25)16-12-21-23(10-11-24)17(16)15-6-3-2-4-7-15/h2-4,6-7,12,24H,5,8-11,14H2,1H3. The van der Waals surface area contributed by atoms with E-state index in [0.717, 1.165) is 18.4 Å². The molecule has 1 aliphatic rings. The Morgan fingerprint density at radius 2 is 2.16 bits per heavy atom. The molecule has 1 fully saturated rings. The van der Waals surface area contributed by atoms with Gasteiger partial charge in [-0.25, -0.2) is 0 Å². The van der Waals surface area contributed by atoms with E-state index < -0.39 is 5.41 Å². The lowest BCUT2D eigenvalue weighted by Crippen LogP contribution is -2.44. The molecule has 0 radical (unpaired) electrons. The summed E-state index contributed by atoms with van der Waals surface area (Å²) in [4.78, 5) is 14.9. The first-order chi connectivity index (χ1) is 12.1.